The van der Waals surface area contributed by atoms with E-state index in [1.54, 1.807) is 0 Å². The van der Waals surface area contributed by atoms with Gasteiger partial charge in [-0.05, 0) is 71.1 Å². The molecule has 0 radical (unpaired) electrons. The molecule has 1 aliphatic rings. The second-order valence-electron chi connectivity index (χ2n) is 10.8. The summed E-state index contributed by atoms with van der Waals surface area (Å²) in [4.78, 5) is 3.56. The monoisotopic (exact) mass is 500 g/mol. The number of benzene rings is 5. The number of rotatable bonds is 3. The smallest absolute Gasteiger partial charge is 0.0538 e. The van der Waals surface area contributed by atoms with Crippen molar-refractivity contribution in [2.45, 2.75) is 19.3 Å². The molecule has 0 bridgehead atoms. The summed E-state index contributed by atoms with van der Waals surface area (Å²) in [6.07, 6.45) is 5.73. The first-order valence-electron chi connectivity index (χ1n) is 13.8. The molecule has 1 unspecified atom stereocenters. The van der Waals surface area contributed by atoms with Crippen molar-refractivity contribution in [3.8, 4) is 27.9 Å². The van der Waals surface area contributed by atoms with Crippen LogP contribution in [0.1, 0.15) is 30.5 Å². The number of H-pyrrole nitrogens is 1. The number of nitrogens with zero attached hydrogens (tertiary/aromatic N) is 1. The topological polar surface area (TPSA) is 20.7 Å². The van der Waals surface area contributed by atoms with Gasteiger partial charge in [-0.1, -0.05) is 91.9 Å². The molecule has 1 N–H and O–H groups in total. The molecule has 2 nitrogen and oxygen atoms in total. The van der Waals surface area contributed by atoms with Crippen LogP contribution in [0.25, 0.3) is 66.7 Å². The third kappa shape index (κ3) is 3.49. The van der Waals surface area contributed by atoms with Gasteiger partial charge in [-0.2, -0.15) is 0 Å². The number of hydrogen-bond acceptors (Lipinski definition) is 0. The lowest BCUT2D eigenvalue weighted by molar-refractivity contribution is 0.723. The van der Waals surface area contributed by atoms with Crippen LogP contribution in [-0.4, -0.2) is 9.55 Å². The molecule has 0 amide bonds. The largest absolute Gasteiger partial charge is 0.355 e. The number of fused-ring (bicyclic) bond motifs is 6. The average Bonchev–Trinajstić information content (AvgIpc) is 3.53. The Morgan fingerprint density at radius 3 is 2.23 bits per heavy atom. The summed E-state index contributed by atoms with van der Waals surface area (Å²) in [6, 6.07) is 42.0. The quantitative estimate of drug-likeness (QED) is 0.249. The summed E-state index contributed by atoms with van der Waals surface area (Å²) in [7, 11) is 0. The van der Waals surface area contributed by atoms with Crippen LogP contribution in [0.15, 0.2) is 121 Å². The van der Waals surface area contributed by atoms with Gasteiger partial charge in [0.25, 0.3) is 0 Å². The maximum atomic E-state index is 3.56. The van der Waals surface area contributed by atoms with Crippen LogP contribution in [-0.2, 0) is 0 Å². The maximum Gasteiger partial charge on any atom is 0.0538 e. The molecule has 0 spiro atoms. The predicted molar refractivity (Wildman–Crippen MR) is 166 cm³/mol. The fraction of sp³-hybridized carbons (Fsp3) is 0.0811. The fourth-order valence-corrected chi connectivity index (χ4v) is 6.44. The lowest BCUT2D eigenvalue weighted by Gasteiger charge is -2.20. The van der Waals surface area contributed by atoms with E-state index in [4.69, 9.17) is 0 Å². The van der Waals surface area contributed by atoms with Gasteiger partial charge in [0.2, 0.25) is 0 Å². The Morgan fingerprint density at radius 1 is 0.615 bits per heavy atom. The Hall–Kier alpha value is -4.82. The standard InChI is InChI=1S/C37H28N2/c1-24-9-7-15-31-33-23-28(27-17-19-35-32(22-27)30-14-5-6-16-34(30)38-35)18-20-36(33)39(37(24)31)29-13-8-12-26(21-29)25-10-3-2-4-11-25/h2-8,10-24,38H,9H2,1H3. The van der Waals surface area contributed by atoms with Crippen LogP contribution >= 0.6 is 0 Å². The van der Waals surface area contributed by atoms with E-state index in [1.165, 1.54) is 71.9 Å². The van der Waals surface area contributed by atoms with Crippen molar-refractivity contribution >= 4 is 38.8 Å². The molecule has 7 aromatic rings. The predicted octanol–water partition coefficient (Wildman–Crippen LogP) is 10.1. The van der Waals surface area contributed by atoms with E-state index in [-0.39, 0.29) is 0 Å². The van der Waals surface area contributed by atoms with E-state index in [0.717, 1.165) is 6.42 Å². The van der Waals surface area contributed by atoms with Crippen molar-refractivity contribution in [1.82, 2.24) is 9.55 Å². The normalized spacial score (nSPS) is 14.8. The third-order valence-corrected chi connectivity index (χ3v) is 8.34. The molecule has 2 heterocycles. The van der Waals surface area contributed by atoms with Crippen molar-refractivity contribution in [3.63, 3.8) is 0 Å². The molecule has 1 aliphatic carbocycles. The molecule has 0 fully saturated rings. The van der Waals surface area contributed by atoms with Gasteiger partial charge >= 0.3 is 0 Å². The Labute approximate surface area is 227 Å². The minimum absolute atomic E-state index is 0.448. The molecule has 186 valence electrons. The Balaban J connectivity index is 1.33. The third-order valence-electron chi connectivity index (χ3n) is 8.34. The van der Waals surface area contributed by atoms with E-state index in [1.807, 2.05) is 0 Å². The molecule has 1 atom stereocenters. The Morgan fingerprint density at radius 2 is 1.33 bits per heavy atom. The van der Waals surface area contributed by atoms with Crippen LogP contribution in [0.3, 0.4) is 0 Å². The number of hydrogen-bond donors (Lipinski definition) is 1. The molecule has 0 saturated heterocycles. The van der Waals surface area contributed by atoms with Gasteiger partial charge in [-0.15, -0.1) is 0 Å². The van der Waals surface area contributed by atoms with Gasteiger partial charge < -0.3 is 9.55 Å². The summed E-state index contributed by atoms with van der Waals surface area (Å²) >= 11 is 0. The lowest BCUT2D eigenvalue weighted by Crippen LogP contribution is -2.07. The second kappa shape index (κ2) is 8.61. The number of nitrogens with one attached hydrogen (secondary N) is 1. The average molecular weight is 501 g/mol. The zero-order valence-corrected chi connectivity index (χ0v) is 21.9. The fourth-order valence-electron chi connectivity index (χ4n) is 6.44. The van der Waals surface area contributed by atoms with Crippen LogP contribution in [0.5, 0.6) is 0 Å². The van der Waals surface area contributed by atoms with Gasteiger partial charge in [0.15, 0.2) is 0 Å². The molecule has 5 aromatic carbocycles. The first-order valence-corrected chi connectivity index (χ1v) is 13.8. The first kappa shape index (κ1) is 22.2. The molecule has 2 heteroatoms. The molecular formula is C37H28N2. The highest BCUT2D eigenvalue weighted by molar-refractivity contribution is 6.08. The number of aromatic nitrogens is 2. The minimum atomic E-state index is 0.448. The van der Waals surface area contributed by atoms with Crippen molar-refractivity contribution in [3.05, 3.63) is 133 Å². The molecule has 0 saturated carbocycles. The van der Waals surface area contributed by atoms with E-state index < -0.39 is 0 Å². The Bertz CT molecular complexity index is 2050. The van der Waals surface area contributed by atoms with E-state index in [2.05, 4.69) is 144 Å². The van der Waals surface area contributed by atoms with Crippen molar-refractivity contribution in [2.24, 2.45) is 0 Å². The van der Waals surface area contributed by atoms with Crippen molar-refractivity contribution < 1.29 is 0 Å². The maximum absolute atomic E-state index is 3.56. The van der Waals surface area contributed by atoms with Gasteiger partial charge in [-0.25, -0.2) is 0 Å². The van der Waals surface area contributed by atoms with Gasteiger partial charge in [0, 0.05) is 50.1 Å². The number of allylic oxidation sites excluding steroid dienone is 1. The zero-order chi connectivity index (χ0) is 25.9. The summed E-state index contributed by atoms with van der Waals surface area (Å²) in [5, 5.41) is 3.86. The summed E-state index contributed by atoms with van der Waals surface area (Å²) in [5.41, 5.74) is 12.6. The summed E-state index contributed by atoms with van der Waals surface area (Å²) in [5.74, 6) is 0.448. The SMILES string of the molecule is CC1CC=Cc2c1n(-c1cccc(-c3ccccc3)c1)c1ccc(-c3ccc4[nH]c5ccccc5c4c3)cc21. The number of aromatic amines is 1. The molecule has 8 rings (SSSR count). The van der Waals surface area contributed by atoms with E-state index >= 15 is 0 Å². The van der Waals surface area contributed by atoms with Crippen LogP contribution in [0.2, 0.25) is 0 Å². The minimum Gasteiger partial charge on any atom is -0.355 e. The Kier molecular flexibility index (Phi) is 4.90. The highest BCUT2D eigenvalue weighted by Gasteiger charge is 2.24. The first-order chi connectivity index (χ1) is 19.2. The highest BCUT2D eigenvalue weighted by atomic mass is 15.0. The second-order valence-corrected chi connectivity index (χ2v) is 10.8. The zero-order valence-electron chi connectivity index (χ0n) is 21.9. The molecular weight excluding hydrogens is 472 g/mol. The molecule has 0 aliphatic heterocycles. The van der Waals surface area contributed by atoms with E-state index in [9.17, 15) is 0 Å². The van der Waals surface area contributed by atoms with Crippen LogP contribution in [0.4, 0.5) is 0 Å². The van der Waals surface area contributed by atoms with Crippen LogP contribution < -0.4 is 0 Å². The molecule has 39 heavy (non-hydrogen) atoms. The van der Waals surface area contributed by atoms with Gasteiger partial charge in [0.05, 0.1) is 5.52 Å². The van der Waals surface area contributed by atoms with Crippen molar-refractivity contribution in [2.75, 3.05) is 0 Å². The van der Waals surface area contributed by atoms with Gasteiger partial charge in [-0.3, -0.25) is 0 Å². The molecule has 2 aromatic heterocycles. The van der Waals surface area contributed by atoms with E-state index in [0.29, 0.717) is 5.92 Å². The number of para-hydroxylation sites is 1. The van der Waals surface area contributed by atoms with Crippen molar-refractivity contribution in [1.29, 1.82) is 0 Å². The van der Waals surface area contributed by atoms with Crippen LogP contribution in [0, 0.1) is 0 Å². The summed E-state index contributed by atoms with van der Waals surface area (Å²) < 4.78 is 2.50. The highest BCUT2D eigenvalue weighted by Crippen LogP contribution is 2.41. The van der Waals surface area contributed by atoms with Gasteiger partial charge in [0.1, 0.15) is 0 Å². The summed E-state index contributed by atoms with van der Waals surface area (Å²) in [6.45, 7) is 2.35. The lowest BCUT2D eigenvalue weighted by atomic mass is 9.92.